The Morgan fingerprint density at radius 3 is 2.11 bits per heavy atom. The number of carboxylic acid groups (broad SMARTS) is 1. The molecule has 0 aromatic heterocycles. The van der Waals surface area contributed by atoms with Gasteiger partial charge in [-0.15, -0.1) is 0 Å². The van der Waals surface area contributed by atoms with Crippen molar-refractivity contribution in [3.05, 3.63) is 34.9 Å². The van der Waals surface area contributed by atoms with Crippen LogP contribution in [0.15, 0.2) is 18.2 Å². The van der Waals surface area contributed by atoms with Crippen molar-refractivity contribution in [1.82, 2.24) is 24.9 Å². The van der Waals surface area contributed by atoms with Crippen LogP contribution in [-0.4, -0.2) is 129 Å². The highest BCUT2D eigenvalue weighted by Gasteiger charge is 2.40. The van der Waals surface area contributed by atoms with Gasteiger partial charge in [0.15, 0.2) is 5.78 Å². The van der Waals surface area contributed by atoms with Crippen molar-refractivity contribution >= 4 is 54.2 Å². The van der Waals surface area contributed by atoms with E-state index in [1.165, 1.54) is 15.9 Å². The third-order valence-electron chi connectivity index (χ3n) is 8.67. The first kappa shape index (κ1) is 33.3. The normalized spacial score (nSPS) is 19.4. The predicted molar refractivity (Wildman–Crippen MR) is 157 cm³/mol. The number of rotatable bonds is 10. The summed E-state index contributed by atoms with van der Waals surface area (Å²) >= 11 is 0. The average Bonchev–Trinajstić information content (AvgIpc) is 3.01. The van der Waals surface area contributed by atoms with Gasteiger partial charge in [0.2, 0.25) is 5.91 Å². The van der Waals surface area contributed by atoms with Gasteiger partial charge in [0.1, 0.15) is 0 Å². The summed E-state index contributed by atoms with van der Waals surface area (Å²) in [5.41, 5.74) is 1.21. The van der Waals surface area contributed by atoms with Crippen LogP contribution in [0.2, 0.25) is 5.82 Å². The summed E-state index contributed by atoms with van der Waals surface area (Å²) < 4.78 is 0. The van der Waals surface area contributed by atoms with E-state index in [0.717, 1.165) is 4.90 Å². The number of benzene rings is 1. The zero-order valence-corrected chi connectivity index (χ0v) is 25.2. The number of aromatic carboxylic acids is 1. The first-order valence-electron chi connectivity index (χ1n) is 15.0. The quantitative estimate of drug-likeness (QED) is 0.216. The number of imide groups is 2. The molecule has 2 saturated heterocycles. The van der Waals surface area contributed by atoms with Gasteiger partial charge in [-0.05, 0) is 56.0 Å². The van der Waals surface area contributed by atoms with Crippen molar-refractivity contribution in [2.45, 2.75) is 57.7 Å². The number of likely N-dealkylation sites (N-methyl/N-ethyl adjacent to an activating group) is 2. The summed E-state index contributed by atoms with van der Waals surface area (Å²) in [5, 5.41) is 22.9. The number of nitrogens with zero attached hydrogens (tertiary/aromatic N) is 4. The highest BCUT2D eigenvalue weighted by Crippen LogP contribution is 2.33. The lowest BCUT2D eigenvalue weighted by Crippen LogP contribution is -2.60. The number of piperazine rings is 2. The largest absolute Gasteiger partial charge is 0.478 e. The van der Waals surface area contributed by atoms with Crippen molar-refractivity contribution < 1.29 is 48.5 Å². The van der Waals surface area contributed by atoms with E-state index in [4.69, 9.17) is 0 Å². The summed E-state index contributed by atoms with van der Waals surface area (Å²) in [7, 11) is 0. The van der Waals surface area contributed by atoms with Crippen molar-refractivity contribution in [1.29, 1.82) is 0 Å². The molecule has 0 radical (unpaired) electrons. The number of nitrogens with one attached hydrogen (secondary N) is 1. The van der Waals surface area contributed by atoms with E-state index in [0.29, 0.717) is 22.6 Å². The average molecular weight is 625 g/mol. The number of carboxylic acids is 1. The zero-order valence-electron chi connectivity index (χ0n) is 25.2. The fourth-order valence-electron chi connectivity index (χ4n) is 6.00. The van der Waals surface area contributed by atoms with Crippen molar-refractivity contribution in [2.75, 3.05) is 39.3 Å². The van der Waals surface area contributed by atoms with Gasteiger partial charge in [0.25, 0.3) is 6.92 Å². The standard InChI is InChI=1S/C29H36BN5O10/c1-3-32-10-12-34(26(40)24(32)38)23(37)9-8-21(31-29(44)35-13-11-33(4-2)25(39)27(35)41)22(36)15-18-14-17-6-5-7-19(28(42)43)20(17)16-30(18)45/h5-7,18,21,45H,3-4,8-16H2,1-2H3,(H,31,44)(H,42,43)/t18-,21?/m1/s1. The number of fused-ring (bicyclic) bond motifs is 1. The summed E-state index contributed by atoms with van der Waals surface area (Å²) in [5.74, 6) is -6.78. The summed E-state index contributed by atoms with van der Waals surface area (Å²) in [4.78, 5) is 105. The van der Waals surface area contributed by atoms with E-state index >= 15 is 0 Å². The number of urea groups is 1. The molecular weight excluding hydrogens is 589 g/mol. The highest BCUT2D eigenvalue weighted by molar-refractivity contribution is 6.52. The molecule has 3 aliphatic heterocycles. The van der Waals surface area contributed by atoms with Gasteiger partial charge in [-0.3, -0.25) is 38.6 Å². The molecule has 240 valence electrons. The lowest BCUT2D eigenvalue weighted by atomic mass is 9.46. The van der Waals surface area contributed by atoms with Gasteiger partial charge < -0.3 is 25.2 Å². The molecule has 4 rings (SSSR count). The second-order valence-electron chi connectivity index (χ2n) is 11.3. The molecule has 3 aliphatic rings. The van der Waals surface area contributed by atoms with Crippen LogP contribution in [0.25, 0.3) is 0 Å². The Kier molecular flexibility index (Phi) is 10.4. The zero-order chi connectivity index (χ0) is 33.0. The molecule has 0 spiro atoms. The number of Topliss-reactive ketones (excluding diaryl/α,β-unsaturated/α-hetero) is 1. The van der Waals surface area contributed by atoms with Crippen LogP contribution in [0.4, 0.5) is 4.79 Å². The molecule has 1 aromatic carbocycles. The number of ketones is 1. The Morgan fingerprint density at radius 2 is 1.51 bits per heavy atom. The minimum absolute atomic E-state index is 0.00344. The third kappa shape index (κ3) is 7.05. The van der Waals surface area contributed by atoms with E-state index in [1.807, 2.05) is 0 Å². The third-order valence-corrected chi connectivity index (χ3v) is 8.67. The molecule has 45 heavy (non-hydrogen) atoms. The molecule has 0 bridgehead atoms. The number of hydrogen-bond donors (Lipinski definition) is 3. The number of carbonyl (C=O) groups is 8. The molecule has 0 aliphatic carbocycles. The van der Waals surface area contributed by atoms with Crippen molar-refractivity contribution in [3.63, 3.8) is 0 Å². The highest BCUT2D eigenvalue weighted by atomic mass is 16.4. The molecular formula is C29H36BN5O10. The second-order valence-corrected chi connectivity index (χ2v) is 11.3. The Balaban J connectivity index is 1.50. The van der Waals surface area contributed by atoms with Crippen LogP contribution in [-0.2, 0) is 41.5 Å². The molecule has 3 N–H and O–H groups in total. The number of carbonyl (C=O) groups excluding carboxylic acids is 7. The van der Waals surface area contributed by atoms with Gasteiger partial charge in [-0.1, -0.05) is 12.1 Å². The maximum atomic E-state index is 13.6. The van der Waals surface area contributed by atoms with Crippen molar-refractivity contribution in [3.8, 4) is 0 Å². The van der Waals surface area contributed by atoms with Crippen LogP contribution in [0.1, 0.15) is 54.6 Å². The summed E-state index contributed by atoms with van der Waals surface area (Å²) in [6.45, 7) is 3.05. The van der Waals surface area contributed by atoms with Crippen molar-refractivity contribution in [2.24, 2.45) is 0 Å². The molecule has 7 amide bonds. The Hall–Kier alpha value is -4.60. The topological polar surface area (TPSA) is 202 Å². The van der Waals surface area contributed by atoms with Gasteiger partial charge in [0.05, 0.1) is 11.6 Å². The van der Waals surface area contributed by atoms with E-state index in [9.17, 15) is 48.5 Å². The molecule has 1 aromatic rings. The molecule has 0 saturated carbocycles. The minimum atomic E-state index is -1.34. The lowest BCUT2D eigenvalue weighted by molar-refractivity contribution is -0.161. The molecule has 15 nitrogen and oxygen atoms in total. The maximum Gasteiger partial charge on any atom is 0.335 e. The van der Waals surface area contributed by atoms with Gasteiger partial charge in [-0.25, -0.2) is 9.59 Å². The minimum Gasteiger partial charge on any atom is -0.478 e. The Labute approximate surface area is 259 Å². The number of hydrogen-bond acceptors (Lipinski definition) is 9. The molecule has 3 heterocycles. The second kappa shape index (κ2) is 14.0. The van der Waals surface area contributed by atoms with E-state index in [2.05, 4.69) is 5.32 Å². The number of amides is 7. The summed E-state index contributed by atoms with van der Waals surface area (Å²) in [6.07, 6.45) is -0.730. The predicted octanol–water partition coefficient (Wildman–Crippen LogP) is -0.898. The molecule has 16 heteroatoms. The Morgan fingerprint density at radius 1 is 0.911 bits per heavy atom. The summed E-state index contributed by atoms with van der Waals surface area (Å²) in [6, 6.07) is 2.40. The van der Waals surface area contributed by atoms with E-state index in [-0.39, 0.29) is 63.9 Å². The smallest absolute Gasteiger partial charge is 0.335 e. The van der Waals surface area contributed by atoms with Crippen LogP contribution >= 0.6 is 0 Å². The Bertz CT molecular complexity index is 1430. The monoisotopic (exact) mass is 625 g/mol. The maximum absolute atomic E-state index is 13.6. The van der Waals surface area contributed by atoms with Gasteiger partial charge in [-0.2, -0.15) is 0 Å². The van der Waals surface area contributed by atoms with Gasteiger partial charge >= 0.3 is 35.6 Å². The van der Waals surface area contributed by atoms with E-state index in [1.54, 1.807) is 26.0 Å². The van der Waals surface area contributed by atoms with Crippen LogP contribution < -0.4 is 5.32 Å². The molecule has 1 unspecified atom stereocenters. The van der Waals surface area contributed by atoms with Crippen LogP contribution in [0.3, 0.4) is 0 Å². The fourth-order valence-corrected chi connectivity index (χ4v) is 6.00. The SMILES string of the molecule is CCN1CCN(C(=O)CCC(NC(=O)N2CCN(CC)C(=O)C2=O)C(=O)C[C@H]2Cc3cccc(C(=O)O)c3CB2O)C(=O)C1=O. The first-order chi connectivity index (χ1) is 21.4. The van der Waals surface area contributed by atoms with Crippen LogP contribution in [0, 0.1) is 0 Å². The van der Waals surface area contributed by atoms with Gasteiger partial charge in [0, 0.05) is 52.1 Å². The molecule has 2 atom stereocenters. The fraction of sp³-hybridized carbons (Fsp3) is 0.517. The molecule has 2 fully saturated rings. The van der Waals surface area contributed by atoms with Crippen LogP contribution in [0.5, 0.6) is 0 Å². The lowest BCUT2D eigenvalue weighted by Gasteiger charge is -2.33. The first-order valence-corrected chi connectivity index (χ1v) is 15.0. The van der Waals surface area contributed by atoms with E-state index < -0.39 is 72.5 Å².